The Morgan fingerprint density at radius 1 is 0.700 bits per heavy atom. The maximum Gasteiger partial charge on any atom is 0.166 e. The SMILES string of the molecule is CCCCCCCCCCC(C)(OC(C)C)OC(C)C. The average Bonchev–Trinajstić information content (AvgIpc) is 2.30. The molecule has 0 bridgehead atoms. The van der Waals surface area contributed by atoms with Crippen LogP contribution in [0, 0.1) is 0 Å². The summed E-state index contributed by atoms with van der Waals surface area (Å²) in [6.07, 6.45) is 12.2. The lowest BCUT2D eigenvalue weighted by Crippen LogP contribution is -2.37. The predicted octanol–water partition coefficient (Wildman–Crippen LogP) is 6.08. The first-order valence-corrected chi connectivity index (χ1v) is 8.75. The summed E-state index contributed by atoms with van der Waals surface area (Å²) in [4.78, 5) is 0. The largest absolute Gasteiger partial charge is 0.348 e. The van der Waals surface area contributed by atoms with E-state index in [9.17, 15) is 0 Å². The van der Waals surface area contributed by atoms with Gasteiger partial charge in [-0.15, -0.1) is 0 Å². The fourth-order valence-electron chi connectivity index (χ4n) is 2.72. The van der Waals surface area contributed by atoms with Gasteiger partial charge in [0.1, 0.15) is 0 Å². The van der Waals surface area contributed by atoms with Crippen molar-refractivity contribution in [3.8, 4) is 0 Å². The van der Waals surface area contributed by atoms with E-state index in [0.717, 1.165) is 6.42 Å². The monoisotopic (exact) mass is 286 g/mol. The molecular formula is C18H38O2. The lowest BCUT2D eigenvalue weighted by Gasteiger charge is -2.34. The van der Waals surface area contributed by atoms with E-state index in [-0.39, 0.29) is 12.2 Å². The highest BCUT2D eigenvalue weighted by atomic mass is 16.7. The van der Waals surface area contributed by atoms with Crippen molar-refractivity contribution in [3.63, 3.8) is 0 Å². The number of rotatable bonds is 13. The van der Waals surface area contributed by atoms with E-state index in [2.05, 4.69) is 41.5 Å². The molecule has 0 aromatic rings. The van der Waals surface area contributed by atoms with Gasteiger partial charge >= 0.3 is 0 Å². The highest BCUT2D eigenvalue weighted by Gasteiger charge is 2.27. The minimum Gasteiger partial charge on any atom is -0.348 e. The van der Waals surface area contributed by atoms with Crippen molar-refractivity contribution in [2.75, 3.05) is 0 Å². The minimum atomic E-state index is -0.412. The minimum absolute atomic E-state index is 0.216. The Labute approximate surface area is 127 Å². The van der Waals surface area contributed by atoms with Gasteiger partial charge in [0.25, 0.3) is 0 Å². The molecule has 0 saturated heterocycles. The molecule has 0 amide bonds. The number of hydrogen-bond donors (Lipinski definition) is 0. The summed E-state index contributed by atoms with van der Waals surface area (Å²) in [6.45, 7) is 12.7. The molecule has 0 rings (SSSR count). The molecule has 122 valence electrons. The summed E-state index contributed by atoms with van der Waals surface area (Å²) in [5.74, 6) is -0.412. The van der Waals surface area contributed by atoms with Gasteiger partial charge in [0, 0.05) is 6.42 Å². The van der Waals surface area contributed by atoms with Gasteiger partial charge in [-0.3, -0.25) is 0 Å². The standard InChI is InChI=1S/C18H38O2/c1-7-8-9-10-11-12-13-14-15-18(6,19-16(2)3)20-17(4)5/h16-17H,7-15H2,1-6H3. The van der Waals surface area contributed by atoms with Crippen molar-refractivity contribution >= 4 is 0 Å². The van der Waals surface area contributed by atoms with Gasteiger partial charge in [0.2, 0.25) is 0 Å². The summed E-state index contributed by atoms with van der Waals surface area (Å²) in [5.41, 5.74) is 0. The van der Waals surface area contributed by atoms with Crippen LogP contribution in [0.1, 0.15) is 99.3 Å². The Morgan fingerprint density at radius 2 is 1.10 bits per heavy atom. The second kappa shape index (κ2) is 11.6. The molecule has 0 saturated carbocycles. The Hall–Kier alpha value is -0.0800. The van der Waals surface area contributed by atoms with Crippen molar-refractivity contribution in [2.45, 2.75) is 117 Å². The first-order valence-electron chi connectivity index (χ1n) is 8.75. The van der Waals surface area contributed by atoms with Gasteiger partial charge in [-0.1, -0.05) is 51.9 Å². The summed E-state index contributed by atoms with van der Waals surface area (Å²) in [5, 5.41) is 0. The summed E-state index contributed by atoms with van der Waals surface area (Å²) < 4.78 is 12.0. The van der Waals surface area contributed by atoms with Gasteiger partial charge in [-0.05, 0) is 41.0 Å². The summed E-state index contributed by atoms with van der Waals surface area (Å²) in [7, 11) is 0. The smallest absolute Gasteiger partial charge is 0.166 e. The third-order valence-corrected chi connectivity index (χ3v) is 3.45. The molecule has 0 aliphatic carbocycles. The maximum absolute atomic E-state index is 5.99. The lowest BCUT2D eigenvalue weighted by atomic mass is 10.0. The van der Waals surface area contributed by atoms with Crippen LogP contribution in [0.15, 0.2) is 0 Å². The van der Waals surface area contributed by atoms with E-state index < -0.39 is 5.79 Å². The zero-order valence-corrected chi connectivity index (χ0v) is 14.8. The summed E-state index contributed by atoms with van der Waals surface area (Å²) in [6, 6.07) is 0. The first kappa shape index (κ1) is 19.9. The van der Waals surface area contributed by atoms with E-state index in [0.29, 0.717) is 0 Å². The third-order valence-electron chi connectivity index (χ3n) is 3.45. The topological polar surface area (TPSA) is 18.5 Å². The van der Waals surface area contributed by atoms with Gasteiger partial charge in [0.05, 0.1) is 12.2 Å². The Balaban J connectivity index is 3.79. The highest BCUT2D eigenvalue weighted by molar-refractivity contribution is 4.66. The lowest BCUT2D eigenvalue weighted by molar-refractivity contribution is -0.261. The van der Waals surface area contributed by atoms with Crippen LogP contribution in [0.2, 0.25) is 0 Å². The van der Waals surface area contributed by atoms with Crippen LogP contribution < -0.4 is 0 Å². The number of unbranched alkanes of at least 4 members (excludes halogenated alkanes) is 7. The quantitative estimate of drug-likeness (QED) is 0.301. The molecule has 20 heavy (non-hydrogen) atoms. The Morgan fingerprint density at radius 3 is 1.50 bits per heavy atom. The van der Waals surface area contributed by atoms with Gasteiger partial charge in [0.15, 0.2) is 5.79 Å². The fraction of sp³-hybridized carbons (Fsp3) is 1.00. The molecule has 0 radical (unpaired) electrons. The molecule has 2 heteroatoms. The van der Waals surface area contributed by atoms with Crippen molar-refractivity contribution in [1.82, 2.24) is 0 Å². The van der Waals surface area contributed by atoms with Crippen molar-refractivity contribution < 1.29 is 9.47 Å². The summed E-state index contributed by atoms with van der Waals surface area (Å²) >= 11 is 0. The molecule has 0 aromatic carbocycles. The molecular weight excluding hydrogens is 248 g/mol. The second-order valence-corrected chi connectivity index (χ2v) is 6.69. The number of ether oxygens (including phenoxy) is 2. The average molecular weight is 286 g/mol. The van der Waals surface area contributed by atoms with Crippen LogP contribution in [0.5, 0.6) is 0 Å². The van der Waals surface area contributed by atoms with E-state index in [1.807, 2.05) is 0 Å². The van der Waals surface area contributed by atoms with E-state index >= 15 is 0 Å². The van der Waals surface area contributed by atoms with E-state index in [1.165, 1.54) is 51.4 Å². The van der Waals surface area contributed by atoms with Gasteiger partial charge in [-0.25, -0.2) is 0 Å². The van der Waals surface area contributed by atoms with Crippen LogP contribution in [-0.2, 0) is 9.47 Å². The normalized spacial score (nSPS) is 12.6. The molecule has 0 aromatic heterocycles. The molecule has 0 fully saturated rings. The van der Waals surface area contributed by atoms with E-state index in [4.69, 9.17) is 9.47 Å². The molecule has 0 heterocycles. The van der Waals surface area contributed by atoms with Gasteiger partial charge in [-0.2, -0.15) is 0 Å². The number of hydrogen-bond acceptors (Lipinski definition) is 2. The molecule has 2 nitrogen and oxygen atoms in total. The highest BCUT2D eigenvalue weighted by Crippen LogP contribution is 2.25. The zero-order valence-electron chi connectivity index (χ0n) is 14.8. The van der Waals surface area contributed by atoms with Crippen LogP contribution in [0.25, 0.3) is 0 Å². The molecule has 0 unspecified atom stereocenters. The molecule has 0 aliphatic heterocycles. The predicted molar refractivity (Wildman–Crippen MR) is 88.1 cm³/mol. The molecule has 0 spiro atoms. The third kappa shape index (κ3) is 11.7. The fourth-order valence-corrected chi connectivity index (χ4v) is 2.72. The van der Waals surface area contributed by atoms with Gasteiger partial charge < -0.3 is 9.47 Å². The maximum atomic E-state index is 5.99. The van der Waals surface area contributed by atoms with Crippen LogP contribution in [0.3, 0.4) is 0 Å². The Bertz CT molecular complexity index is 201. The van der Waals surface area contributed by atoms with Crippen LogP contribution in [-0.4, -0.2) is 18.0 Å². The van der Waals surface area contributed by atoms with Crippen LogP contribution in [0.4, 0.5) is 0 Å². The molecule has 0 atom stereocenters. The van der Waals surface area contributed by atoms with Crippen LogP contribution >= 0.6 is 0 Å². The molecule has 0 aliphatic rings. The Kier molecular flexibility index (Phi) is 11.5. The first-order chi connectivity index (χ1) is 9.39. The second-order valence-electron chi connectivity index (χ2n) is 6.69. The van der Waals surface area contributed by atoms with Crippen molar-refractivity contribution in [2.24, 2.45) is 0 Å². The van der Waals surface area contributed by atoms with E-state index in [1.54, 1.807) is 0 Å². The van der Waals surface area contributed by atoms with Crippen molar-refractivity contribution in [3.05, 3.63) is 0 Å². The zero-order chi connectivity index (χ0) is 15.4. The molecule has 0 N–H and O–H groups in total. The van der Waals surface area contributed by atoms with Crippen molar-refractivity contribution in [1.29, 1.82) is 0 Å².